The Morgan fingerprint density at radius 1 is 1.06 bits per heavy atom. The van der Waals surface area contributed by atoms with E-state index in [0.29, 0.717) is 4.90 Å². The van der Waals surface area contributed by atoms with Crippen LogP contribution in [0.25, 0.3) is 0 Å². The number of benzene rings is 1. The summed E-state index contributed by atoms with van der Waals surface area (Å²) in [5.74, 6) is 0. The van der Waals surface area contributed by atoms with Gasteiger partial charge in [0.25, 0.3) is 0 Å². The molecule has 0 heterocycles. The smallest absolute Gasteiger partial charge is 0.175 e. The first-order chi connectivity index (χ1) is 8.04. The molecule has 17 heavy (non-hydrogen) atoms. The van der Waals surface area contributed by atoms with E-state index in [4.69, 9.17) is 0 Å². The van der Waals surface area contributed by atoms with Gasteiger partial charge < -0.3 is 10.6 Å². The molecule has 0 amide bonds. The first-order valence-corrected chi connectivity index (χ1v) is 7.63. The molecule has 0 aliphatic rings. The van der Waals surface area contributed by atoms with Crippen molar-refractivity contribution >= 4 is 9.84 Å². The van der Waals surface area contributed by atoms with E-state index in [0.717, 1.165) is 31.7 Å². The minimum atomic E-state index is -3.08. The van der Waals surface area contributed by atoms with Gasteiger partial charge in [-0.25, -0.2) is 8.42 Å². The van der Waals surface area contributed by atoms with Crippen LogP contribution in [0.3, 0.4) is 0 Å². The van der Waals surface area contributed by atoms with Gasteiger partial charge in [-0.3, -0.25) is 0 Å². The Labute approximate surface area is 103 Å². The number of rotatable bonds is 7. The summed E-state index contributed by atoms with van der Waals surface area (Å²) in [5.41, 5.74) is 1.09. The van der Waals surface area contributed by atoms with Crippen molar-refractivity contribution in [2.45, 2.75) is 18.4 Å². The van der Waals surface area contributed by atoms with Crippen LogP contribution in [0.15, 0.2) is 29.2 Å². The molecule has 0 spiro atoms. The van der Waals surface area contributed by atoms with Gasteiger partial charge >= 0.3 is 0 Å². The summed E-state index contributed by atoms with van der Waals surface area (Å²) in [5, 5.41) is 6.50. The van der Waals surface area contributed by atoms with E-state index < -0.39 is 9.84 Å². The molecule has 0 fully saturated rings. The molecule has 0 saturated carbocycles. The maximum absolute atomic E-state index is 11.3. The Bertz CT molecular complexity index is 426. The molecule has 1 rings (SSSR count). The Hall–Kier alpha value is -0.910. The fraction of sp³-hybridized carbons (Fsp3) is 0.500. The third-order valence-corrected chi connectivity index (χ3v) is 3.54. The third kappa shape index (κ3) is 5.30. The lowest BCUT2D eigenvalue weighted by Crippen LogP contribution is -2.26. The topological polar surface area (TPSA) is 58.2 Å². The molecule has 0 atom stereocenters. The molecule has 0 aliphatic heterocycles. The Kier molecular flexibility index (Phi) is 5.61. The lowest BCUT2D eigenvalue weighted by Gasteiger charge is -2.06. The summed E-state index contributed by atoms with van der Waals surface area (Å²) in [7, 11) is -3.08. The third-order valence-electron chi connectivity index (χ3n) is 2.41. The molecule has 1 aromatic rings. The van der Waals surface area contributed by atoms with Crippen molar-refractivity contribution < 1.29 is 8.42 Å². The molecule has 0 aromatic heterocycles. The molecule has 5 heteroatoms. The molecule has 0 bridgehead atoms. The van der Waals surface area contributed by atoms with Gasteiger partial charge in [-0.05, 0) is 24.2 Å². The van der Waals surface area contributed by atoms with Crippen LogP contribution in [0.4, 0.5) is 0 Å². The standard InChI is InChI=1S/C12H20N2O2S/c1-3-13-8-9-14-10-11-4-6-12(7-5-11)17(2,15)16/h4-7,13-14H,3,8-10H2,1-2H3. The maximum Gasteiger partial charge on any atom is 0.175 e. The fourth-order valence-corrected chi connectivity index (χ4v) is 2.07. The van der Waals surface area contributed by atoms with E-state index in [1.165, 1.54) is 6.26 Å². The fourth-order valence-electron chi connectivity index (χ4n) is 1.44. The van der Waals surface area contributed by atoms with Gasteiger partial charge in [0, 0.05) is 25.9 Å². The lowest BCUT2D eigenvalue weighted by atomic mass is 10.2. The number of likely N-dealkylation sites (N-methyl/N-ethyl adjacent to an activating group) is 1. The second kappa shape index (κ2) is 6.74. The van der Waals surface area contributed by atoms with Gasteiger partial charge in [-0.15, -0.1) is 0 Å². The molecule has 0 aliphatic carbocycles. The predicted molar refractivity (Wildman–Crippen MR) is 69.8 cm³/mol. The number of hydrogen-bond acceptors (Lipinski definition) is 4. The van der Waals surface area contributed by atoms with Crippen molar-refractivity contribution in [3.8, 4) is 0 Å². The van der Waals surface area contributed by atoms with Crippen molar-refractivity contribution in [1.82, 2.24) is 10.6 Å². The van der Waals surface area contributed by atoms with Crippen LogP contribution >= 0.6 is 0 Å². The van der Waals surface area contributed by atoms with Gasteiger partial charge in [-0.2, -0.15) is 0 Å². The minimum absolute atomic E-state index is 0.369. The van der Waals surface area contributed by atoms with Crippen molar-refractivity contribution in [3.63, 3.8) is 0 Å². The summed E-state index contributed by atoms with van der Waals surface area (Å²) < 4.78 is 22.5. The van der Waals surface area contributed by atoms with Crippen molar-refractivity contribution in [2.75, 3.05) is 25.9 Å². The highest BCUT2D eigenvalue weighted by Gasteiger charge is 2.05. The largest absolute Gasteiger partial charge is 0.316 e. The van der Waals surface area contributed by atoms with Crippen molar-refractivity contribution in [3.05, 3.63) is 29.8 Å². The average Bonchev–Trinajstić information content (AvgIpc) is 2.28. The van der Waals surface area contributed by atoms with Crippen molar-refractivity contribution in [2.24, 2.45) is 0 Å². The Balaban J connectivity index is 2.41. The number of nitrogens with one attached hydrogen (secondary N) is 2. The number of sulfone groups is 1. The molecule has 1 aromatic carbocycles. The van der Waals surface area contributed by atoms with Crippen LogP contribution in [0, 0.1) is 0 Å². The molecule has 0 saturated heterocycles. The molecule has 2 N–H and O–H groups in total. The van der Waals surface area contributed by atoms with Gasteiger partial charge in [0.05, 0.1) is 4.90 Å². The van der Waals surface area contributed by atoms with Crippen LogP contribution in [-0.2, 0) is 16.4 Å². The minimum Gasteiger partial charge on any atom is -0.316 e. The van der Waals surface area contributed by atoms with Crippen molar-refractivity contribution in [1.29, 1.82) is 0 Å². The maximum atomic E-state index is 11.3. The second-order valence-electron chi connectivity index (χ2n) is 3.95. The predicted octanol–water partition coefficient (Wildman–Crippen LogP) is 0.789. The first kappa shape index (κ1) is 14.2. The van der Waals surface area contributed by atoms with Gasteiger partial charge in [0.15, 0.2) is 9.84 Å². The summed E-state index contributed by atoms with van der Waals surface area (Å²) in [4.78, 5) is 0.369. The van der Waals surface area contributed by atoms with E-state index in [9.17, 15) is 8.42 Å². The van der Waals surface area contributed by atoms with Crippen LogP contribution < -0.4 is 10.6 Å². The highest BCUT2D eigenvalue weighted by molar-refractivity contribution is 7.90. The molecule has 96 valence electrons. The summed E-state index contributed by atoms with van der Waals surface area (Å²) in [6, 6.07) is 6.99. The zero-order chi connectivity index (χ0) is 12.7. The van der Waals surface area contributed by atoms with Gasteiger partial charge in [0.1, 0.15) is 0 Å². The summed E-state index contributed by atoms with van der Waals surface area (Å²) >= 11 is 0. The average molecular weight is 256 g/mol. The molecular formula is C12H20N2O2S. The summed E-state index contributed by atoms with van der Waals surface area (Å²) in [6.07, 6.45) is 1.22. The Morgan fingerprint density at radius 3 is 2.18 bits per heavy atom. The molecule has 4 nitrogen and oxygen atoms in total. The second-order valence-corrected chi connectivity index (χ2v) is 5.96. The van der Waals surface area contributed by atoms with E-state index in [-0.39, 0.29) is 0 Å². The quantitative estimate of drug-likeness (QED) is 0.708. The first-order valence-electron chi connectivity index (χ1n) is 5.74. The zero-order valence-corrected chi connectivity index (χ0v) is 11.2. The van der Waals surface area contributed by atoms with E-state index in [2.05, 4.69) is 17.6 Å². The number of hydrogen-bond donors (Lipinski definition) is 2. The highest BCUT2D eigenvalue weighted by atomic mass is 32.2. The SMILES string of the molecule is CCNCCNCc1ccc(S(C)(=O)=O)cc1. The normalized spacial score (nSPS) is 11.6. The van der Waals surface area contributed by atoms with Crippen LogP contribution in [0.2, 0.25) is 0 Å². The zero-order valence-electron chi connectivity index (χ0n) is 10.4. The molecule has 0 unspecified atom stereocenters. The van der Waals surface area contributed by atoms with E-state index in [1.54, 1.807) is 12.1 Å². The van der Waals surface area contributed by atoms with Gasteiger partial charge in [-0.1, -0.05) is 19.1 Å². The van der Waals surface area contributed by atoms with Gasteiger partial charge in [0.2, 0.25) is 0 Å². The van der Waals surface area contributed by atoms with Crippen LogP contribution in [0.1, 0.15) is 12.5 Å². The van der Waals surface area contributed by atoms with Crippen LogP contribution in [-0.4, -0.2) is 34.3 Å². The highest BCUT2D eigenvalue weighted by Crippen LogP contribution is 2.09. The monoisotopic (exact) mass is 256 g/mol. The van der Waals surface area contributed by atoms with E-state index in [1.807, 2.05) is 12.1 Å². The lowest BCUT2D eigenvalue weighted by molar-refractivity contribution is 0.601. The summed E-state index contributed by atoms with van der Waals surface area (Å²) in [6.45, 7) is 5.66. The van der Waals surface area contributed by atoms with Crippen LogP contribution in [0.5, 0.6) is 0 Å². The van der Waals surface area contributed by atoms with E-state index >= 15 is 0 Å². The molecular weight excluding hydrogens is 236 g/mol. The molecule has 0 radical (unpaired) electrons. The Morgan fingerprint density at radius 2 is 1.65 bits per heavy atom.